The van der Waals surface area contributed by atoms with Gasteiger partial charge in [-0.05, 0) is 69.7 Å². The average Bonchev–Trinajstić information content (AvgIpc) is 3.29. The third-order valence-electron chi connectivity index (χ3n) is 9.83. The van der Waals surface area contributed by atoms with Crippen LogP contribution in [0.25, 0.3) is 0 Å². The van der Waals surface area contributed by atoms with Crippen LogP contribution in [0.3, 0.4) is 0 Å². The zero-order valence-electron chi connectivity index (χ0n) is 22.9. The van der Waals surface area contributed by atoms with E-state index in [9.17, 15) is 9.90 Å². The van der Waals surface area contributed by atoms with E-state index in [1.165, 1.54) is 6.42 Å². The number of ether oxygens (including phenoxy) is 3. The van der Waals surface area contributed by atoms with Gasteiger partial charge in [0.05, 0.1) is 50.9 Å². The van der Waals surface area contributed by atoms with Gasteiger partial charge in [-0.2, -0.15) is 0 Å². The third-order valence-corrected chi connectivity index (χ3v) is 9.83. The Morgan fingerprint density at radius 2 is 2.03 bits per heavy atom. The molecule has 0 aromatic carbocycles. The normalized spacial score (nSPS) is 40.1. The quantitative estimate of drug-likeness (QED) is 0.338. The number of nitrogens with one attached hydrogen (secondary N) is 3. The summed E-state index contributed by atoms with van der Waals surface area (Å²) in [7, 11) is 0. The number of nitrogens with zero attached hydrogens (tertiary/aromatic N) is 1. The van der Waals surface area contributed by atoms with Crippen LogP contribution in [0.15, 0.2) is 0 Å². The second-order valence-electron chi connectivity index (χ2n) is 12.5. The molecule has 8 unspecified atom stereocenters. The van der Waals surface area contributed by atoms with E-state index in [-0.39, 0.29) is 17.9 Å². The van der Waals surface area contributed by atoms with Crippen LogP contribution in [-0.4, -0.2) is 105 Å². The number of carbonyl (C=O) groups excluding carboxylic acids is 1. The zero-order valence-corrected chi connectivity index (χ0v) is 22.9. The molecule has 4 N–H and O–H groups in total. The van der Waals surface area contributed by atoms with Gasteiger partial charge in [-0.3, -0.25) is 10.1 Å². The highest BCUT2D eigenvalue weighted by Gasteiger charge is 2.41. The maximum atomic E-state index is 12.8. The minimum absolute atomic E-state index is 0.0498. The van der Waals surface area contributed by atoms with Crippen LogP contribution >= 0.6 is 0 Å². The van der Waals surface area contributed by atoms with Crippen molar-refractivity contribution in [1.82, 2.24) is 20.9 Å². The lowest BCUT2D eigenvalue weighted by Gasteiger charge is -2.47. The Morgan fingerprint density at radius 1 is 1.16 bits per heavy atom. The Kier molecular flexibility index (Phi) is 9.77. The molecule has 0 aromatic heterocycles. The number of aliphatic hydroxyl groups is 1. The number of likely N-dealkylation sites (tertiary alicyclic amines) is 1. The van der Waals surface area contributed by atoms with Gasteiger partial charge >= 0.3 is 0 Å². The number of carbonyl (C=O) groups is 1. The van der Waals surface area contributed by atoms with Crippen molar-refractivity contribution < 1.29 is 24.1 Å². The molecule has 9 atom stereocenters. The maximum Gasteiger partial charge on any atom is 0.223 e. The molecule has 3 aliphatic heterocycles. The number of rotatable bonds is 10. The van der Waals surface area contributed by atoms with Gasteiger partial charge in [0.2, 0.25) is 5.91 Å². The van der Waals surface area contributed by atoms with Gasteiger partial charge in [0.25, 0.3) is 0 Å². The van der Waals surface area contributed by atoms with Crippen molar-refractivity contribution in [3.05, 3.63) is 0 Å². The molecule has 5 rings (SSSR count). The maximum absolute atomic E-state index is 12.8. The Bertz CT molecular complexity index is 739. The smallest absolute Gasteiger partial charge is 0.223 e. The van der Waals surface area contributed by atoms with E-state index in [4.69, 9.17) is 14.2 Å². The molecule has 9 heteroatoms. The summed E-state index contributed by atoms with van der Waals surface area (Å²) in [5, 5.41) is 20.7. The first-order valence-corrected chi connectivity index (χ1v) is 14.9. The molecule has 5 aliphatic rings. The second-order valence-corrected chi connectivity index (χ2v) is 12.5. The molecule has 2 saturated carbocycles. The van der Waals surface area contributed by atoms with Gasteiger partial charge in [-0.25, -0.2) is 0 Å². The van der Waals surface area contributed by atoms with Gasteiger partial charge in [0.15, 0.2) is 0 Å². The number of β-amino-alcohol motifs (C(OH)–C–C–N with tert-alkyl or cyclic N) is 1. The van der Waals surface area contributed by atoms with Gasteiger partial charge in [0, 0.05) is 37.6 Å². The van der Waals surface area contributed by atoms with Gasteiger partial charge < -0.3 is 34.9 Å². The molecule has 3 heterocycles. The second kappa shape index (κ2) is 13.0. The zero-order chi connectivity index (χ0) is 25.8. The fourth-order valence-electron chi connectivity index (χ4n) is 7.38. The minimum atomic E-state index is -0.524. The largest absolute Gasteiger partial charge is 0.390 e. The van der Waals surface area contributed by atoms with Crippen molar-refractivity contribution in [2.45, 2.75) is 95.2 Å². The molecule has 37 heavy (non-hydrogen) atoms. The number of hydrogen-bond acceptors (Lipinski definition) is 8. The van der Waals surface area contributed by atoms with E-state index in [1.807, 2.05) is 0 Å². The van der Waals surface area contributed by atoms with Crippen molar-refractivity contribution in [2.24, 2.45) is 23.7 Å². The molecule has 0 spiro atoms. The molecule has 1 amide bonds. The van der Waals surface area contributed by atoms with E-state index in [2.05, 4.69) is 34.7 Å². The topological polar surface area (TPSA) is 104 Å². The molecule has 0 aromatic rings. The van der Waals surface area contributed by atoms with Crippen LogP contribution in [0.2, 0.25) is 0 Å². The van der Waals surface area contributed by atoms with Crippen LogP contribution in [0.1, 0.15) is 58.8 Å². The molecule has 3 saturated heterocycles. The predicted molar refractivity (Wildman–Crippen MR) is 141 cm³/mol. The summed E-state index contributed by atoms with van der Waals surface area (Å²) >= 11 is 0. The number of aliphatic hydroxyl groups excluding tert-OH is 1. The summed E-state index contributed by atoms with van der Waals surface area (Å²) in [4.78, 5) is 15.2. The molecule has 2 aliphatic carbocycles. The van der Waals surface area contributed by atoms with Crippen molar-refractivity contribution in [2.75, 3.05) is 52.7 Å². The van der Waals surface area contributed by atoms with Crippen molar-refractivity contribution in [3.8, 4) is 0 Å². The Morgan fingerprint density at radius 3 is 2.78 bits per heavy atom. The molecular formula is C28H50N4O5. The standard InChI is InChI=1S/C28H50N4O5/c1-18-25-8-9-32(12-21(25)6-7-26(18)36-16-27-19(2)30-17-37-27)13-24(33)11-29-28(34)20-4-3-5-22(10-20)31-23-14-35-15-23/h18-27,30-31,33H,3-17H2,1-2H3,(H,29,34)/t18?,19?,20?,21?,22?,24-,25?,26?,27?/m0/s1. The molecular weight excluding hydrogens is 472 g/mol. The van der Waals surface area contributed by atoms with Crippen molar-refractivity contribution in [1.29, 1.82) is 0 Å². The number of piperidine rings is 1. The van der Waals surface area contributed by atoms with Gasteiger partial charge in [-0.1, -0.05) is 13.3 Å². The third kappa shape index (κ3) is 7.24. The number of amides is 1. The van der Waals surface area contributed by atoms with Crippen molar-refractivity contribution in [3.63, 3.8) is 0 Å². The lowest BCUT2D eigenvalue weighted by molar-refractivity contribution is -0.127. The fraction of sp³-hybridized carbons (Fsp3) is 0.964. The van der Waals surface area contributed by atoms with Gasteiger partial charge in [-0.15, -0.1) is 0 Å². The Balaban J connectivity index is 0.993. The first kappa shape index (κ1) is 27.7. The Hall–Kier alpha value is -0.810. The summed E-state index contributed by atoms with van der Waals surface area (Å²) in [6, 6.07) is 1.22. The summed E-state index contributed by atoms with van der Waals surface area (Å²) < 4.78 is 17.4. The monoisotopic (exact) mass is 522 g/mol. The summed E-state index contributed by atoms with van der Waals surface area (Å²) in [6.07, 6.45) is 7.46. The van der Waals surface area contributed by atoms with E-state index < -0.39 is 6.10 Å². The van der Waals surface area contributed by atoms with Crippen LogP contribution in [0.4, 0.5) is 0 Å². The molecule has 9 nitrogen and oxygen atoms in total. The molecule has 5 fully saturated rings. The lowest BCUT2D eigenvalue weighted by Crippen LogP contribution is -2.52. The number of hydrogen-bond donors (Lipinski definition) is 4. The first-order valence-electron chi connectivity index (χ1n) is 14.9. The predicted octanol–water partition coefficient (Wildman–Crippen LogP) is 1.10. The summed E-state index contributed by atoms with van der Waals surface area (Å²) in [5.74, 6) is 2.07. The highest BCUT2D eigenvalue weighted by atomic mass is 16.6. The minimum Gasteiger partial charge on any atom is -0.390 e. The first-order chi connectivity index (χ1) is 18.0. The van der Waals surface area contributed by atoms with Gasteiger partial charge in [0.1, 0.15) is 0 Å². The molecule has 0 radical (unpaired) electrons. The van der Waals surface area contributed by atoms with Crippen LogP contribution in [-0.2, 0) is 19.0 Å². The van der Waals surface area contributed by atoms with E-state index in [0.717, 1.165) is 64.8 Å². The lowest BCUT2D eigenvalue weighted by atomic mass is 9.68. The van der Waals surface area contributed by atoms with Crippen molar-refractivity contribution >= 4 is 5.91 Å². The molecule has 212 valence electrons. The average molecular weight is 523 g/mol. The molecule has 0 bridgehead atoms. The SMILES string of the molecule is CC1NCOC1COC1CCC2CN(C[C@@H](O)CNC(=O)C3CCCC(NC4COC4)C3)CCC2C1C. The van der Waals surface area contributed by atoms with Crippen LogP contribution in [0, 0.1) is 23.7 Å². The van der Waals surface area contributed by atoms with E-state index >= 15 is 0 Å². The number of fused-ring (bicyclic) bond motifs is 1. The fourth-order valence-corrected chi connectivity index (χ4v) is 7.38. The summed E-state index contributed by atoms with van der Waals surface area (Å²) in [6.45, 7) is 10.4. The highest BCUT2D eigenvalue weighted by Crippen LogP contribution is 2.41. The van der Waals surface area contributed by atoms with Crippen LogP contribution < -0.4 is 16.0 Å². The highest BCUT2D eigenvalue weighted by molar-refractivity contribution is 5.78. The van der Waals surface area contributed by atoms with Crippen LogP contribution in [0.5, 0.6) is 0 Å². The van der Waals surface area contributed by atoms with E-state index in [0.29, 0.717) is 68.4 Å². The summed E-state index contributed by atoms with van der Waals surface area (Å²) in [5.41, 5.74) is 0. The Labute approximate surface area is 222 Å². The van der Waals surface area contributed by atoms with E-state index in [1.54, 1.807) is 0 Å².